The van der Waals surface area contributed by atoms with E-state index in [4.69, 9.17) is 14.5 Å². The summed E-state index contributed by atoms with van der Waals surface area (Å²) in [6, 6.07) is 13.7. The number of esters is 1. The predicted octanol–water partition coefficient (Wildman–Crippen LogP) is 5.13. The number of fused-ring (bicyclic) bond motifs is 1. The molecule has 2 N–H and O–H groups in total. The standard InChI is InChI=1S/C30H33N5O4/c1-19-15-20(10-11-25(19)38-2)17-32-23-16-24-26(34-29(36)21-7-6-8-21)27(30(37)39-3)35(28(24)33-18-23)14-12-22-9-4-5-13-31-22/h4-5,9-11,13,15-16,18,21,32H,6-8,12,14,17H2,1-3H3,(H,34,36). The zero-order chi connectivity index (χ0) is 27.4. The molecular weight excluding hydrogens is 494 g/mol. The number of nitrogens with zero attached hydrogens (tertiary/aromatic N) is 3. The van der Waals surface area contributed by atoms with Crippen molar-refractivity contribution in [3.63, 3.8) is 0 Å². The van der Waals surface area contributed by atoms with E-state index in [1.165, 1.54) is 7.11 Å². The second-order valence-corrected chi connectivity index (χ2v) is 9.81. The van der Waals surface area contributed by atoms with Gasteiger partial charge in [-0.2, -0.15) is 0 Å². The minimum Gasteiger partial charge on any atom is -0.496 e. The molecule has 3 aromatic heterocycles. The Morgan fingerprint density at radius 2 is 1.95 bits per heavy atom. The molecule has 0 unspecified atom stereocenters. The van der Waals surface area contributed by atoms with E-state index in [-0.39, 0.29) is 17.5 Å². The summed E-state index contributed by atoms with van der Waals surface area (Å²) in [5.74, 6) is 0.189. The van der Waals surface area contributed by atoms with Gasteiger partial charge in [-0.25, -0.2) is 9.78 Å². The van der Waals surface area contributed by atoms with E-state index >= 15 is 0 Å². The number of pyridine rings is 2. The van der Waals surface area contributed by atoms with Crippen LogP contribution in [-0.2, 0) is 29.0 Å². The second kappa shape index (κ2) is 11.6. The van der Waals surface area contributed by atoms with Crippen LogP contribution in [0.15, 0.2) is 54.9 Å². The second-order valence-electron chi connectivity index (χ2n) is 9.81. The third-order valence-electron chi connectivity index (χ3n) is 7.27. The highest BCUT2D eigenvalue weighted by atomic mass is 16.5. The lowest BCUT2D eigenvalue weighted by atomic mass is 9.85. The molecule has 202 valence electrons. The number of carbonyl (C=O) groups is 2. The summed E-state index contributed by atoms with van der Waals surface area (Å²) in [5.41, 5.74) is 5.13. The van der Waals surface area contributed by atoms with E-state index < -0.39 is 5.97 Å². The van der Waals surface area contributed by atoms with E-state index in [0.717, 1.165) is 47.5 Å². The average Bonchev–Trinajstić information content (AvgIpc) is 3.22. The molecule has 0 atom stereocenters. The van der Waals surface area contributed by atoms with Crippen LogP contribution in [0.2, 0.25) is 0 Å². The number of methoxy groups -OCH3 is 2. The molecular formula is C30H33N5O4. The Balaban J connectivity index is 1.51. The Morgan fingerprint density at radius 1 is 1.10 bits per heavy atom. The SMILES string of the molecule is COC(=O)c1c(NC(=O)C2CCC2)c2cc(NCc3ccc(OC)c(C)c3)cnc2n1CCc1ccccn1. The Labute approximate surface area is 227 Å². The molecule has 1 aromatic carbocycles. The molecule has 1 aliphatic rings. The Morgan fingerprint density at radius 3 is 2.62 bits per heavy atom. The van der Waals surface area contributed by atoms with Gasteiger partial charge < -0.3 is 24.7 Å². The molecule has 1 aliphatic carbocycles. The maximum Gasteiger partial charge on any atom is 0.356 e. The summed E-state index contributed by atoms with van der Waals surface area (Å²) in [7, 11) is 3.01. The van der Waals surface area contributed by atoms with Gasteiger partial charge >= 0.3 is 5.97 Å². The number of nitrogens with one attached hydrogen (secondary N) is 2. The van der Waals surface area contributed by atoms with Gasteiger partial charge in [0.25, 0.3) is 0 Å². The van der Waals surface area contributed by atoms with E-state index in [1.54, 1.807) is 19.5 Å². The largest absolute Gasteiger partial charge is 0.496 e. The molecule has 39 heavy (non-hydrogen) atoms. The van der Waals surface area contributed by atoms with E-state index in [2.05, 4.69) is 21.7 Å². The molecule has 1 saturated carbocycles. The summed E-state index contributed by atoms with van der Waals surface area (Å²) in [5, 5.41) is 7.15. The number of benzene rings is 1. The van der Waals surface area contributed by atoms with Crippen LogP contribution >= 0.6 is 0 Å². The lowest BCUT2D eigenvalue weighted by Crippen LogP contribution is -2.29. The quantitative estimate of drug-likeness (QED) is 0.275. The molecule has 0 saturated heterocycles. The van der Waals surface area contributed by atoms with Crippen LogP contribution in [0.3, 0.4) is 0 Å². The fourth-order valence-electron chi connectivity index (χ4n) is 4.90. The molecule has 4 aromatic rings. The molecule has 1 fully saturated rings. The summed E-state index contributed by atoms with van der Waals surface area (Å²) in [6.45, 7) is 3.03. The number of hydrogen-bond donors (Lipinski definition) is 2. The lowest BCUT2D eigenvalue weighted by Gasteiger charge is -2.24. The zero-order valence-corrected chi connectivity index (χ0v) is 22.5. The lowest BCUT2D eigenvalue weighted by molar-refractivity contribution is -0.122. The van der Waals surface area contributed by atoms with Crippen molar-refractivity contribution in [2.75, 3.05) is 24.9 Å². The Bertz CT molecular complexity index is 1490. The number of anilines is 2. The van der Waals surface area contributed by atoms with Gasteiger partial charge in [0, 0.05) is 42.7 Å². The van der Waals surface area contributed by atoms with Gasteiger partial charge in [0.2, 0.25) is 5.91 Å². The molecule has 9 nitrogen and oxygen atoms in total. The van der Waals surface area contributed by atoms with Crippen molar-refractivity contribution in [2.24, 2.45) is 5.92 Å². The summed E-state index contributed by atoms with van der Waals surface area (Å²) in [4.78, 5) is 35.3. The number of amides is 1. The highest BCUT2D eigenvalue weighted by Gasteiger charge is 2.30. The minimum absolute atomic E-state index is 0.0463. The van der Waals surface area contributed by atoms with Gasteiger partial charge in [-0.15, -0.1) is 0 Å². The van der Waals surface area contributed by atoms with Gasteiger partial charge in [0.15, 0.2) is 5.69 Å². The van der Waals surface area contributed by atoms with Crippen LogP contribution in [0, 0.1) is 12.8 Å². The average molecular weight is 528 g/mol. The van der Waals surface area contributed by atoms with Gasteiger partial charge in [-0.05, 0) is 55.2 Å². The van der Waals surface area contributed by atoms with Crippen molar-refractivity contribution in [2.45, 2.75) is 45.7 Å². The summed E-state index contributed by atoms with van der Waals surface area (Å²) >= 11 is 0. The smallest absolute Gasteiger partial charge is 0.356 e. The molecule has 3 heterocycles. The fourth-order valence-corrected chi connectivity index (χ4v) is 4.90. The number of aromatic nitrogens is 3. The first-order chi connectivity index (χ1) is 19.0. The molecule has 0 aliphatic heterocycles. The molecule has 1 amide bonds. The van der Waals surface area contributed by atoms with Crippen molar-refractivity contribution >= 4 is 34.3 Å². The van der Waals surface area contributed by atoms with Crippen molar-refractivity contribution in [1.82, 2.24) is 14.5 Å². The number of aryl methyl sites for hydroxylation is 3. The van der Waals surface area contributed by atoms with Crippen molar-refractivity contribution in [3.05, 3.63) is 77.4 Å². The van der Waals surface area contributed by atoms with Crippen LogP contribution in [0.25, 0.3) is 11.0 Å². The first kappa shape index (κ1) is 26.2. The first-order valence-corrected chi connectivity index (χ1v) is 13.2. The van der Waals surface area contributed by atoms with E-state index in [0.29, 0.717) is 36.2 Å². The predicted molar refractivity (Wildman–Crippen MR) is 150 cm³/mol. The van der Waals surface area contributed by atoms with Crippen LogP contribution in [-0.4, -0.2) is 40.6 Å². The molecule has 0 bridgehead atoms. The number of ether oxygens (including phenoxy) is 2. The zero-order valence-electron chi connectivity index (χ0n) is 22.5. The van der Waals surface area contributed by atoms with Gasteiger partial charge in [-0.1, -0.05) is 24.6 Å². The van der Waals surface area contributed by atoms with Crippen molar-refractivity contribution in [3.8, 4) is 5.75 Å². The van der Waals surface area contributed by atoms with Gasteiger partial charge in [-0.3, -0.25) is 9.78 Å². The Kier molecular flexibility index (Phi) is 7.76. The third kappa shape index (κ3) is 5.57. The molecule has 0 spiro atoms. The molecule has 9 heteroatoms. The van der Waals surface area contributed by atoms with E-state index in [1.807, 2.05) is 47.9 Å². The normalized spacial score (nSPS) is 13.1. The van der Waals surface area contributed by atoms with Crippen molar-refractivity contribution in [1.29, 1.82) is 0 Å². The third-order valence-corrected chi connectivity index (χ3v) is 7.27. The Hall–Kier alpha value is -4.40. The van der Waals surface area contributed by atoms with Crippen LogP contribution in [0.5, 0.6) is 5.75 Å². The maximum atomic E-state index is 13.1. The number of hydrogen-bond acceptors (Lipinski definition) is 7. The van der Waals surface area contributed by atoms with Gasteiger partial charge in [0.1, 0.15) is 11.4 Å². The van der Waals surface area contributed by atoms with Crippen LogP contribution in [0.4, 0.5) is 11.4 Å². The fraction of sp³-hybridized carbons (Fsp3) is 0.333. The molecule has 5 rings (SSSR count). The van der Waals surface area contributed by atoms with E-state index in [9.17, 15) is 9.59 Å². The number of rotatable bonds is 10. The summed E-state index contributed by atoms with van der Waals surface area (Å²) < 4.78 is 12.4. The number of carbonyl (C=O) groups excluding carboxylic acids is 2. The van der Waals surface area contributed by atoms with Crippen molar-refractivity contribution < 1.29 is 19.1 Å². The van der Waals surface area contributed by atoms with Gasteiger partial charge in [0.05, 0.1) is 31.8 Å². The monoisotopic (exact) mass is 527 g/mol. The first-order valence-electron chi connectivity index (χ1n) is 13.2. The highest BCUT2D eigenvalue weighted by Crippen LogP contribution is 2.35. The van der Waals surface area contributed by atoms with Crippen LogP contribution < -0.4 is 15.4 Å². The summed E-state index contributed by atoms with van der Waals surface area (Å²) in [6.07, 6.45) is 6.81. The highest BCUT2D eigenvalue weighted by molar-refractivity contribution is 6.11. The maximum absolute atomic E-state index is 13.1. The molecule has 0 radical (unpaired) electrons. The van der Waals surface area contributed by atoms with Crippen LogP contribution in [0.1, 0.15) is 46.6 Å². The topological polar surface area (TPSA) is 107 Å². The minimum atomic E-state index is -0.527.